The van der Waals surface area contributed by atoms with Crippen molar-refractivity contribution in [1.29, 1.82) is 0 Å². The van der Waals surface area contributed by atoms with E-state index in [1.165, 1.54) is 25.9 Å². The lowest BCUT2D eigenvalue weighted by atomic mass is 9.86. The maximum Gasteiger partial charge on any atom is 0.216 e. The number of hydrogen-bond donors (Lipinski definition) is 0. The number of aryl methyl sites for hydroxylation is 1. The predicted octanol–water partition coefficient (Wildman–Crippen LogP) is 3.65. The zero-order valence-electron chi connectivity index (χ0n) is 14.7. The van der Waals surface area contributed by atoms with Crippen LogP contribution in [0.2, 0.25) is 0 Å². The summed E-state index contributed by atoms with van der Waals surface area (Å²) < 4.78 is 6.22. The van der Waals surface area contributed by atoms with Crippen LogP contribution in [-0.4, -0.2) is 40.6 Å². The van der Waals surface area contributed by atoms with E-state index in [4.69, 9.17) is 4.74 Å². The molecule has 1 aliphatic carbocycles. The summed E-state index contributed by atoms with van der Waals surface area (Å²) in [4.78, 5) is 11.1. The monoisotopic (exact) mass is 327 g/mol. The molecule has 1 fully saturated rings. The lowest BCUT2D eigenvalue weighted by Crippen LogP contribution is -2.34. The van der Waals surface area contributed by atoms with Crippen LogP contribution in [0.25, 0.3) is 0 Å². The highest BCUT2D eigenvalue weighted by Gasteiger charge is 2.33. The summed E-state index contributed by atoms with van der Waals surface area (Å²) >= 11 is 0. The van der Waals surface area contributed by atoms with Crippen LogP contribution in [0.5, 0.6) is 5.88 Å². The van der Waals surface area contributed by atoms with Crippen LogP contribution in [0.4, 0.5) is 0 Å². The Morgan fingerprint density at radius 3 is 2.71 bits per heavy atom. The lowest BCUT2D eigenvalue weighted by Gasteiger charge is -2.24. The second-order valence-electron chi connectivity index (χ2n) is 6.99. The third kappa shape index (κ3) is 4.44. The van der Waals surface area contributed by atoms with Gasteiger partial charge in [0.1, 0.15) is 12.4 Å². The van der Waals surface area contributed by atoms with Gasteiger partial charge in [0.25, 0.3) is 0 Å². The molecule has 1 aromatic heterocycles. The molecule has 1 aliphatic heterocycles. The highest BCUT2D eigenvalue weighted by Crippen LogP contribution is 2.33. The molecule has 0 N–H and O–H groups in total. The molecule has 0 radical (unpaired) electrons. The average molecular weight is 327 g/mol. The van der Waals surface area contributed by atoms with Crippen molar-refractivity contribution in [2.75, 3.05) is 19.6 Å². The van der Waals surface area contributed by atoms with Crippen molar-refractivity contribution in [3.05, 3.63) is 42.9 Å². The Morgan fingerprint density at radius 2 is 2.04 bits per heavy atom. The quantitative estimate of drug-likeness (QED) is 0.683. The molecule has 2 aliphatic rings. The Balaban J connectivity index is 1.60. The fourth-order valence-electron chi connectivity index (χ4n) is 3.85. The Labute approximate surface area is 145 Å². The summed E-state index contributed by atoms with van der Waals surface area (Å²) in [6, 6.07) is 1.97. The van der Waals surface area contributed by atoms with Crippen molar-refractivity contribution < 1.29 is 4.74 Å². The Kier molecular flexibility index (Phi) is 6.02. The van der Waals surface area contributed by atoms with Crippen LogP contribution in [0.15, 0.2) is 37.2 Å². The summed E-state index contributed by atoms with van der Waals surface area (Å²) in [7, 11) is 0. The SMILES string of the molecule is C=CCC[C@@H](CN1C[C@H]2CC=CC[C@H]2C1)Oc1cc(CC)ncn1. The number of hydrogen-bond acceptors (Lipinski definition) is 4. The maximum absolute atomic E-state index is 6.22. The van der Waals surface area contributed by atoms with E-state index in [0.29, 0.717) is 5.88 Å². The van der Waals surface area contributed by atoms with E-state index in [0.717, 1.165) is 43.3 Å². The van der Waals surface area contributed by atoms with Gasteiger partial charge in [-0.15, -0.1) is 6.58 Å². The molecule has 4 nitrogen and oxygen atoms in total. The molecule has 0 bridgehead atoms. The van der Waals surface area contributed by atoms with Crippen LogP contribution in [-0.2, 0) is 6.42 Å². The van der Waals surface area contributed by atoms with Crippen molar-refractivity contribution in [1.82, 2.24) is 14.9 Å². The van der Waals surface area contributed by atoms with Crippen LogP contribution >= 0.6 is 0 Å². The molecule has 1 aromatic rings. The number of likely N-dealkylation sites (tertiary alicyclic amines) is 1. The molecule has 0 spiro atoms. The molecular weight excluding hydrogens is 298 g/mol. The Morgan fingerprint density at radius 1 is 1.29 bits per heavy atom. The number of ether oxygens (including phenoxy) is 1. The second-order valence-corrected chi connectivity index (χ2v) is 6.99. The molecule has 0 saturated carbocycles. The molecule has 0 amide bonds. The van der Waals surface area contributed by atoms with Gasteiger partial charge in [0, 0.05) is 31.4 Å². The highest BCUT2D eigenvalue weighted by molar-refractivity contribution is 5.13. The highest BCUT2D eigenvalue weighted by atomic mass is 16.5. The van der Waals surface area contributed by atoms with Gasteiger partial charge in [0.15, 0.2) is 0 Å². The van der Waals surface area contributed by atoms with Crippen LogP contribution in [0.1, 0.15) is 38.3 Å². The van der Waals surface area contributed by atoms with Crippen molar-refractivity contribution in [3.63, 3.8) is 0 Å². The van der Waals surface area contributed by atoms with Gasteiger partial charge in [0.2, 0.25) is 5.88 Å². The van der Waals surface area contributed by atoms with E-state index in [2.05, 4.69) is 40.5 Å². The van der Waals surface area contributed by atoms with Gasteiger partial charge in [-0.1, -0.05) is 25.2 Å². The predicted molar refractivity (Wildman–Crippen MR) is 97.1 cm³/mol. The van der Waals surface area contributed by atoms with E-state index in [1.807, 2.05) is 12.1 Å². The van der Waals surface area contributed by atoms with Crippen LogP contribution in [0, 0.1) is 11.8 Å². The lowest BCUT2D eigenvalue weighted by molar-refractivity contribution is 0.131. The minimum atomic E-state index is 0.163. The van der Waals surface area contributed by atoms with E-state index >= 15 is 0 Å². The van der Waals surface area contributed by atoms with Crippen molar-refractivity contribution in [2.45, 2.75) is 45.1 Å². The first-order valence-electron chi connectivity index (χ1n) is 9.24. The van der Waals surface area contributed by atoms with E-state index in [1.54, 1.807) is 6.33 Å². The zero-order valence-corrected chi connectivity index (χ0v) is 14.7. The van der Waals surface area contributed by atoms with Gasteiger partial charge < -0.3 is 4.74 Å². The van der Waals surface area contributed by atoms with Gasteiger partial charge in [-0.2, -0.15) is 0 Å². The number of allylic oxidation sites excluding steroid dienone is 3. The molecule has 0 unspecified atom stereocenters. The summed E-state index contributed by atoms with van der Waals surface area (Å²) in [5.41, 5.74) is 1.03. The van der Waals surface area contributed by atoms with Gasteiger partial charge in [-0.25, -0.2) is 9.97 Å². The Bertz CT molecular complexity index is 556. The first kappa shape index (κ1) is 17.2. The summed E-state index contributed by atoms with van der Waals surface area (Å²) in [6.07, 6.45) is 13.8. The van der Waals surface area contributed by atoms with Gasteiger partial charge >= 0.3 is 0 Å². The van der Waals surface area contributed by atoms with Crippen molar-refractivity contribution in [3.8, 4) is 5.88 Å². The summed E-state index contributed by atoms with van der Waals surface area (Å²) in [5.74, 6) is 2.37. The topological polar surface area (TPSA) is 38.2 Å². The fraction of sp³-hybridized carbons (Fsp3) is 0.600. The molecule has 24 heavy (non-hydrogen) atoms. The third-order valence-electron chi connectivity index (χ3n) is 5.20. The van der Waals surface area contributed by atoms with Gasteiger partial charge in [0.05, 0.1) is 0 Å². The fourth-order valence-corrected chi connectivity index (χ4v) is 3.85. The number of aromatic nitrogens is 2. The average Bonchev–Trinajstić information content (AvgIpc) is 3.02. The first-order chi connectivity index (χ1) is 11.8. The van der Waals surface area contributed by atoms with E-state index in [9.17, 15) is 0 Å². The molecule has 3 atom stereocenters. The standard InChI is InChI=1S/C20H29N3O/c1-3-5-10-19(24-20-11-18(4-2)21-15-22-20)14-23-12-16-8-6-7-9-17(16)13-23/h3,6-7,11,15-17,19H,1,4-5,8-10,12-14H2,2H3/t16-,17+,19-/m0/s1. The van der Waals surface area contributed by atoms with Crippen LogP contribution < -0.4 is 4.74 Å². The largest absolute Gasteiger partial charge is 0.473 e. The van der Waals surface area contributed by atoms with Gasteiger partial charge in [-0.05, 0) is 43.9 Å². The summed E-state index contributed by atoms with van der Waals surface area (Å²) in [6.45, 7) is 9.33. The van der Waals surface area contributed by atoms with Crippen molar-refractivity contribution in [2.24, 2.45) is 11.8 Å². The van der Waals surface area contributed by atoms with E-state index < -0.39 is 0 Å². The normalized spacial score (nSPS) is 24.5. The Hall–Kier alpha value is -1.68. The smallest absolute Gasteiger partial charge is 0.216 e. The molecule has 0 aromatic carbocycles. The number of rotatable bonds is 8. The number of fused-ring (bicyclic) bond motifs is 1. The zero-order chi connectivity index (χ0) is 16.8. The van der Waals surface area contributed by atoms with Gasteiger partial charge in [-0.3, -0.25) is 4.90 Å². The van der Waals surface area contributed by atoms with E-state index in [-0.39, 0.29) is 6.10 Å². The minimum Gasteiger partial charge on any atom is -0.473 e. The molecule has 2 heterocycles. The second kappa shape index (κ2) is 8.43. The molecule has 130 valence electrons. The number of nitrogens with zero attached hydrogens (tertiary/aromatic N) is 3. The van der Waals surface area contributed by atoms with Crippen LogP contribution in [0.3, 0.4) is 0 Å². The van der Waals surface area contributed by atoms with Crippen molar-refractivity contribution >= 4 is 0 Å². The first-order valence-corrected chi connectivity index (χ1v) is 9.24. The molecule has 1 saturated heterocycles. The minimum absolute atomic E-state index is 0.163. The summed E-state index contributed by atoms with van der Waals surface area (Å²) in [5, 5.41) is 0. The maximum atomic E-state index is 6.22. The molecule has 3 rings (SSSR count). The molecule has 4 heteroatoms. The third-order valence-corrected chi connectivity index (χ3v) is 5.20. The molecular formula is C20H29N3O.